The van der Waals surface area contributed by atoms with Gasteiger partial charge in [-0.2, -0.15) is 4.98 Å². The fourth-order valence-electron chi connectivity index (χ4n) is 3.55. The molecule has 2 heterocycles. The van der Waals surface area contributed by atoms with Gasteiger partial charge in [0.2, 0.25) is 5.82 Å². The molecule has 0 amide bonds. The van der Waals surface area contributed by atoms with E-state index in [-0.39, 0.29) is 5.56 Å². The van der Waals surface area contributed by atoms with Crippen molar-refractivity contribution in [2.45, 2.75) is 6.92 Å². The molecule has 30 heavy (non-hydrogen) atoms. The van der Waals surface area contributed by atoms with Crippen molar-refractivity contribution in [1.82, 2.24) is 14.7 Å². The monoisotopic (exact) mass is 413 g/mol. The SMILES string of the molecule is Cc1ccccc1-c1noc(-c2cn(-c3cccc(Cl)c3)c(=O)c3ccccc23)n1. The van der Waals surface area contributed by atoms with Crippen LogP contribution in [-0.4, -0.2) is 14.7 Å². The highest BCUT2D eigenvalue weighted by Crippen LogP contribution is 2.29. The smallest absolute Gasteiger partial charge is 0.262 e. The Labute approximate surface area is 177 Å². The highest BCUT2D eigenvalue weighted by molar-refractivity contribution is 6.30. The molecule has 0 aliphatic heterocycles. The van der Waals surface area contributed by atoms with E-state index in [1.807, 2.05) is 61.5 Å². The molecule has 5 rings (SSSR count). The molecule has 0 unspecified atom stereocenters. The Kier molecular flexibility index (Phi) is 4.45. The minimum atomic E-state index is -0.143. The highest BCUT2D eigenvalue weighted by atomic mass is 35.5. The van der Waals surface area contributed by atoms with Crippen molar-refractivity contribution in [2.24, 2.45) is 0 Å². The first-order valence-electron chi connectivity index (χ1n) is 9.42. The van der Waals surface area contributed by atoms with Crippen LogP contribution in [0.1, 0.15) is 5.56 Å². The lowest BCUT2D eigenvalue weighted by Crippen LogP contribution is -2.18. The molecule has 0 atom stereocenters. The van der Waals surface area contributed by atoms with Crippen molar-refractivity contribution in [3.63, 3.8) is 0 Å². The van der Waals surface area contributed by atoms with Crippen LogP contribution in [0.3, 0.4) is 0 Å². The van der Waals surface area contributed by atoms with Crippen molar-refractivity contribution in [1.29, 1.82) is 0 Å². The summed E-state index contributed by atoms with van der Waals surface area (Å²) in [5, 5.41) is 6.04. The average Bonchev–Trinajstić information content (AvgIpc) is 3.24. The molecule has 0 N–H and O–H groups in total. The third-order valence-electron chi connectivity index (χ3n) is 5.05. The predicted octanol–water partition coefficient (Wildman–Crippen LogP) is 5.67. The van der Waals surface area contributed by atoms with Gasteiger partial charge in [-0.3, -0.25) is 9.36 Å². The molecule has 0 fully saturated rings. The van der Waals surface area contributed by atoms with Gasteiger partial charge in [0.25, 0.3) is 11.4 Å². The van der Waals surface area contributed by atoms with Crippen molar-refractivity contribution in [3.8, 4) is 28.5 Å². The van der Waals surface area contributed by atoms with Crippen LogP contribution in [0.25, 0.3) is 39.3 Å². The first kappa shape index (κ1) is 18.3. The zero-order valence-corrected chi connectivity index (χ0v) is 16.8. The molecule has 0 saturated carbocycles. The van der Waals surface area contributed by atoms with E-state index in [2.05, 4.69) is 10.1 Å². The summed E-state index contributed by atoms with van der Waals surface area (Å²) < 4.78 is 7.18. The lowest BCUT2D eigenvalue weighted by molar-refractivity contribution is 0.432. The number of halogens is 1. The molecular formula is C24H16ClN3O2. The number of rotatable bonds is 3. The van der Waals surface area contributed by atoms with E-state index >= 15 is 0 Å². The predicted molar refractivity (Wildman–Crippen MR) is 118 cm³/mol. The van der Waals surface area contributed by atoms with Gasteiger partial charge in [0, 0.05) is 27.6 Å². The third-order valence-corrected chi connectivity index (χ3v) is 5.29. The summed E-state index contributed by atoms with van der Waals surface area (Å²) in [7, 11) is 0. The summed E-state index contributed by atoms with van der Waals surface area (Å²) >= 11 is 6.15. The van der Waals surface area contributed by atoms with Crippen LogP contribution in [-0.2, 0) is 0 Å². The zero-order valence-electron chi connectivity index (χ0n) is 16.0. The molecule has 6 heteroatoms. The van der Waals surface area contributed by atoms with Crippen LogP contribution in [0.4, 0.5) is 0 Å². The molecule has 2 aromatic heterocycles. The standard InChI is InChI=1S/C24H16ClN3O2/c1-15-7-2-3-10-18(15)22-26-23(30-27-22)21-14-28(17-9-6-8-16(25)13-17)24(29)20-12-5-4-11-19(20)21/h2-14H,1H3. The number of benzene rings is 3. The van der Waals surface area contributed by atoms with Crippen LogP contribution in [0, 0.1) is 6.92 Å². The van der Waals surface area contributed by atoms with Crippen LogP contribution >= 0.6 is 11.6 Å². The van der Waals surface area contributed by atoms with Gasteiger partial charge in [0.05, 0.1) is 11.3 Å². The molecule has 0 aliphatic carbocycles. The van der Waals surface area contributed by atoms with E-state index in [0.717, 1.165) is 16.5 Å². The summed E-state index contributed by atoms with van der Waals surface area (Å²) in [6, 6.07) is 22.4. The van der Waals surface area contributed by atoms with Crippen molar-refractivity contribution < 1.29 is 4.52 Å². The first-order valence-corrected chi connectivity index (χ1v) is 9.80. The maximum absolute atomic E-state index is 13.1. The number of pyridine rings is 1. The van der Waals surface area contributed by atoms with E-state index in [1.54, 1.807) is 29.0 Å². The molecule has 5 nitrogen and oxygen atoms in total. The summed E-state index contributed by atoms with van der Waals surface area (Å²) in [5.41, 5.74) is 3.16. The highest BCUT2D eigenvalue weighted by Gasteiger charge is 2.18. The second-order valence-corrected chi connectivity index (χ2v) is 7.42. The fourth-order valence-corrected chi connectivity index (χ4v) is 3.73. The number of nitrogens with zero attached hydrogens (tertiary/aromatic N) is 3. The summed E-state index contributed by atoms with van der Waals surface area (Å²) in [5.74, 6) is 0.855. The minimum absolute atomic E-state index is 0.143. The molecule has 3 aromatic carbocycles. The summed E-state index contributed by atoms with van der Waals surface area (Å²) in [6.45, 7) is 2.00. The second kappa shape index (κ2) is 7.28. The number of aryl methyl sites for hydroxylation is 1. The van der Waals surface area contributed by atoms with Gasteiger partial charge in [-0.05, 0) is 36.8 Å². The Bertz CT molecular complexity index is 1450. The quantitative estimate of drug-likeness (QED) is 0.382. The molecule has 0 saturated heterocycles. The van der Waals surface area contributed by atoms with Gasteiger partial charge in [-0.1, -0.05) is 65.3 Å². The van der Waals surface area contributed by atoms with E-state index in [4.69, 9.17) is 16.1 Å². The van der Waals surface area contributed by atoms with Crippen LogP contribution in [0.5, 0.6) is 0 Å². The van der Waals surface area contributed by atoms with Crippen LogP contribution in [0.15, 0.2) is 88.3 Å². The maximum Gasteiger partial charge on any atom is 0.262 e. The topological polar surface area (TPSA) is 60.9 Å². The first-order chi connectivity index (χ1) is 14.6. The molecule has 146 valence electrons. The van der Waals surface area contributed by atoms with E-state index in [1.165, 1.54) is 0 Å². The van der Waals surface area contributed by atoms with Gasteiger partial charge < -0.3 is 4.52 Å². The Hall–Kier alpha value is -3.70. The lowest BCUT2D eigenvalue weighted by Gasteiger charge is -2.10. The van der Waals surface area contributed by atoms with E-state index in [9.17, 15) is 4.79 Å². The molecule has 0 aliphatic rings. The summed E-state index contributed by atoms with van der Waals surface area (Å²) in [6.07, 6.45) is 1.73. The fraction of sp³-hybridized carbons (Fsp3) is 0.0417. The van der Waals surface area contributed by atoms with E-state index < -0.39 is 0 Å². The third kappa shape index (κ3) is 3.09. The van der Waals surface area contributed by atoms with Gasteiger partial charge in [-0.15, -0.1) is 0 Å². The normalized spacial score (nSPS) is 11.1. The zero-order chi connectivity index (χ0) is 20.7. The van der Waals surface area contributed by atoms with Crippen LogP contribution in [0.2, 0.25) is 5.02 Å². The molecule has 5 aromatic rings. The Balaban J connectivity index is 1.75. The van der Waals surface area contributed by atoms with Gasteiger partial charge in [0.15, 0.2) is 0 Å². The van der Waals surface area contributed by atoms with Crippen molar-refractivity contribution in [2.75, 3.05) is 0 Å². The number of fused-ring (bicyclic) bond motifs is 1. The molecule has 0 spiro atoms. The van der Waals surface area contributed by atoms with Crippen molar-refractivity contribution in [3.05, 3.63) is 99.9 Å². The minimum Gasteiger partial charge on any atom is -0.334 e. The number of hydrogen-bond donors (Lipinski definition) is 0. The second-order valence-electron chi connectivity index (χ2n) is 6.98. The summed E-state index contributed by atoms with van der Waals surface area (Å²) in [4.78, 5) is 17.8. The number of aromatic nitrogens is 3. The van der Waals surface area contributed by atoms with Gasteiger partial charge in [-0.25, -0.2) is 0 Å². The van der Waals surface area contributed by atoms with Gasteiger partial charge in [0.1, 0.15) is 0 Å². The average molecular weight is 414 g/mol. The molecule has 0 bridgehead atoms. The molecular weight excluding hydrogens is 398 g/mol. The Morgan fingerprint density at radius 3 is 2.47 bits per heavy atom. The molecule has 0 radical (unpaired) electrons. The van der Waals surface area contributed by atoms with Gasteiger partial charge >= 0.3 is 0 Å². The Morgan fingerprint density at radius 1 is 0.900 bits per heavy atom. The maximum atomic E-state index is 13.1. The largest absolute Gasteiger partial charge is 0.334 e. The van der Waals surface area contributed by atoms with Crippen molar-refractivity contribution >= 4 is 22.4 Å². The van der Waals surface area contributed by atoms with Crippen LogP contribution < -0.4 is 5.56 Å². The van der Waals surface area contributed by atoms with E-state index in [0.29, 0.717) is 33.4 Å². The Morgan fingerprint density at radius 2 is 1.67 bits per heavy atom. The lowest BCUT2D eigenvalue weighted by atomic mass is 10.1. The number of hydrogen-bond acceptors (Lipinski definition) is 4.